The molecular formula is C31H32ClN5O3. The van der Waals surface area contributed by atoms with Crippen molar-refractivity contribution in [3.63, 3.8) is 0 Å². The van der Waals surface area contributed by atoms with Crippen LogP contribution >= 0.6 is 11.6 Å². The van der Waals surface area contributed by atoms with Gasteiger partial charge in [0.25, 0.3) is 17.6 Å². The highest BCUT2D eigenvalue weighted by atomic mass is 35.5. The molecule has 0 bridgehead atoms. The van der Waals surface area contributed by atoms with E-state index in [1.807, 2.05) is 48.2 Å². The minimum absolute atomic E-state index is 0.0640. The van der Waals surface area contributed by atoms with Gasteiger partial charge in [0.1, 0.15) is 0 Å². The third kappa shape index (κ3) is 5.08. The van der Waals surface area contributed by atoms with Gasteiger partial charge in [-0.2, -0.15) is 0 Å². The standard InChI is InChI=1S/C31H32ClN5O3/c1-20-18-35(28(21-10-6-4-7-11-21)22-12-8-5-9-13-22)14-15-36(20)30(39)24-16-23-25(29(38)31(40)34(2)3)19-37(33)27(23)17-26(24)32/h4-13,16-17,19-20,28H,14-15,18,33H2,1-3H3/t20-/m1/s1. The lowest BCUT2D eigenvalue weighted by Crippen LogP contribution is -2.54. The number of carbonyl (C=O) groups is 3. The molecule has 1 atom stereocenters. The van der Waals surface area contributed by atoms with Gasteiger partial charge in [0.05, 0.1) is 27.7 Å². The molecule has 1 saturated heterocycles. The zero-order chi connectivity index (χ0) is 28.6. The van der Waals surface area contributed by atoms with Gasteiger partial charge in [0.2, 0.25) is 0 Å². The van der Waals surface area contributed by atoms with Gasteiger partial charge in [0, 0.05) is 51.4 Å². The molecular weight excluding hydrogens is 526 g/mol. The summed E-state index contributed by atoms with van der Waals surface area (Å²) in [7, 11) is 3.02. The summed E-state index contributed by atoms with van der Waals surface area (Å²) in [5, 5.41) is 0.649. The SMILES string of the molecule is C[C@@H]1CN(C(c2ccccc2)c2ccccc2)CCN1C(=O)c1cc2c(C(=O)C(=O)N(C)C)cn(N)c2cc1Cl. The lowest BCUT2D eigenvalue weighted by atomic mass is 9.95. The second-order valence-electron chi connectivity index (χ2n) is 10.4. The Labute approximate surface area is 238 Å². The van der Waals surface area contributed by atoms with E-state index in [1.165, 1.54) is 41.0 Å². The van der Waals surface area contributed by atoms with Crippen LogP contribution in [0.5, 0.6) is 0 Å². The molecule has 2 amide bonds. The Balaban J connectivity index is 1.43. The molecule has 2 heterocycles. The fraction of sp³-hybridized carbons (Fsp3) is 0.258. The van der Waals surface area contributed by atoms with Crippen molar-refractivity contribution in [3.8, 4) is 0 Å². The number of piperazine rings is 1. The van der Waals surface area contributed by atoms with E-state index in [9.17, 15) is 14.4 Å². The van der Waals surface area contributed by atoms with Crippen molar-refractivity contribution >= 4 is 40.1 Å². The number of amides is 2. The summed E-state index contributed by atoms with van der Waals surface area (Å²) in [5.41, 5.74) is 3.26. The number of rotatable bonds is 6. The van der Waals surface area contributed by atoms with E-state index in [-0.39, 0.29) is 34.1 Å². The largest absolute Gasteiger partial charge is 0.342 e. The molecule has 0 unspecified atom stereocenters. The van der Waals surface area contributed by atoms with E-state index in [0.717, 1.165) is 0 Å². The zero-order valence-corrected chi connectivity index (χ0v) is 23.5. The summed E-state index contributed by atoms with van der Waals surface area (Å²) in [5.74, 6) is 4.47. The lowest BCUT2D eigenvalue weighted by molar-refractivity contribution is -0.124. The van der Waals surface area contributed by atoms with Gasteiger partial charge in [-0.25, -0.2) is 0 Å². The number of likely N-dealkylation sites (N-methyl/N-ethyl adjacent to an activating group) is 1. The number of ketones is 1. The maximum atomic E-state index is 13.8. The molecule has 3 aromatic carbocycles. The molecule has 9 heteroatoms. The second-order valence-corrected chi connectivity index (χ2v) is 10.8. The fourth-order valence-electron chi connectivity index (χ4n) is 5.49. The van der Waals surface area contributed by atoms with Crippen LogP contribution in [0.2, 0.25) is 5.02 Å². The number of hydrogen-bond donors (Lipinski definition) is 1. The molecule has 40 heavy (non-hydrogen) atoms. The highest BCUT2D eigenvalue weighted by Gasteiger charge is 2.34. The van der Waals surface area contributed by atoms with E-state index in [4.69, 9.17) is 17.4 Å². The van der Waals surface area contributed by atoms with Crippen molar-refractivity contribution in [2.45, 2.75) is 19.0 Å². The summed E-state index contributed by atoms with van der Waals surface area (Å²) in [6, 6.07) is 23.9. The summed E-state index contributed by atoms with van der Waals surface area (Å²) in [4.78, 5) is 44.5. The van der Waals surface area contributed by atoms with Crippen LogP contribution in [0.3, 0.4) is 0 Å². The number of fused-ring (bicyclic) bond motifs is 1. The van der Waals surface area contributed by atoms with Crippen molar-refractivity contribution in [3.05, 3.63) is 106 Å². The molecule has 1 aromatic heterocycles. The van der Waals surface area contributed by atoms with Gasteiger partial charge < -0.3 is 15.6 Å². The van der Waals surface area contributed by atoms with Gasteiger partial charge in [-0.1, -0.05) is 72.3 Å². The first-order chi connectivity index (χ1) is 19.2. The summed E-state index contributed by atoms with van der Waals surface area (Å²) < 4.78 is 1.25. The van der Waals surface area contributed by atoms with Crippen LogP contribution in [-0.4, -0.2) is 76.7 Å². The molecule has 206 valence electrons. The maximum absolute atomic E-state index is 13.8. The fourth-order valence-corrected chi connectivity index (χ4v) is 5.73. The Kier molecular flexibility index (Phi) is 7.65. The number of carbonyl (C=O) groups excluding carboxylic acids is 3. The molecule has 1 aliphatic rings. The molecule has 0 spiro atoms. The number of aromatic nitrogens is 1. The van der Waals surface area contributed by atoms with E-state index in [1.54, 1.807) is 12.1 Å². The molecule has 0 aliphatic carbocycles. The summed E-state index contributed by atoms with van der Waals surface area (Å²) in [6.45, 7) is 3.88. The average Bonchev–Trinajstić information content (AvgIpc) is 3.27. The molecule has 5 rings (SSSR count). The van der Waals surface area contributed by atoms with Crippen LogP contribution in [0, 0.1) is 0 Å². The molecule has 0 saturated carbocycles. The Morgan fingerprint density at radius 2 is 1.52 bits per heavy atom. The molecule has 2 N–H and O–H groups in total. The average molecular weight is 558 g/mol. The zero-order valence-electron chi connectivity index (χ0n) is 22.8. The van der Waals surface area contributed by atoms with Crippen molar-refractivity contribution < 1.29 is 14.4 Å². The first kappa shape index (κ1) is 27.4. The molecule has 8 nitrogen and oxygen atoms in total. The van der Waals surface area contributed by atoms with E-state index < -0.39 is 11.7 Å². The molecule has 1 aliphatic heterocycles. The Morgan fingerprint density at radius 1 is 0.925 bits per heavy atom. The van der Waals surface area contributed by atoms with Gasteiger partial charge in [-0.3, -0.25) is 24.0 Å². The van der Waals surface area contributed by atoms with Crippen LogP contribution in [0.1, 0.15) is 44.8 Å². The monoisotopic (exact) mass is 557 g/mol. The second kappa shape index (κ2) is 11.2. The normalized spacial score (nSPS) is 15.9. The van der Waals surface area contributed by atoms with Crippen molar-refractivity contribution in [1.82, 2.24) is 19.4 Å². The first-order valence-corrected chi connectivity index (χ1v) is 13.6. The minimum atomic E-state index is -0.699. The number of nitrogen functional groups attached to an aromatic ring is 1. The number of benzene rings is 3. The Hall–Kier alpha value is -4.14. The number of halogens is 1. The smallest absolute Gasteiger partial charge is 0.294 e. The quantitative estimate of drug-likeness (QED) is 0.218. The van der Waals surface area contributed by atoms with Gasteiger partial charge in [-0.15, -0.1) is 0 Å². The number of nitrogens with zero attached hydrogens (tertiary/aromatic N) is 4. The minimum Gasteiger partial charge on any atom is -0.342 e. The van der Waals surface area contributed by atoms with E-state index in [0.29, 0.717) is 30.5 Å². The predicted molar refractivity (Wildman–Crippen MR) is 157 cm³/mol. The van der Waals surface area contributed by atoms with Crippen LogP contribution in [-0.2, 0) is 4.79 Å². The molecule has 0 radical (unpaired) electrons. The topological polar surface area (TPSA) is 91.9 Å². The highest BCUT2D eigenvalue weighted by molar-refractivity contribution is 6.45. The van der Waals surface area contributed by atoms with E-state index >= 15 is 0 Å². The van der Waals surface area contributed by atoms with Crippen LogP contribution in [0.4, 0.5) is 0 Å². The van der Waals surface area contributed by atoms with Crippen LogP contribution < -0.4 is 5.84 Å². The number of nitrogens with two attached hydrogens (primary N) is 1. The van der Waals surface area contributed by atoms with E-state index in [2.05, 4.69) is 29.2 Å². The Morgan fingerprint density at radius 3 is 2.08 bits per heavy atom. The summed E-state index contributed by atoms with van der Waals surface area (Å²) in [6.07, 6.45) is 1.40. The van der Waals surface area contributed by atoms with Crippen LogP contribution in [0.15, 0.2) is 79.0 Å². The van der Waals surface area contributed by atoms with Gasteiger partial charge in [0.15, 0.2) is 0 Å². The lowest BCUT2D eigenvalue weighted by Gasteiger charge is -2.43. The van der Waals surface area contributed by atoms with Gasteiger partial charge in [-0.05, 0) is 30.2 Å². The third-order valence-electron chi connectivity index (χ3n) is 7.51. The predicted octanol–water partition coefficient (Wildman–Crippen LogP) is 4.22. The molecule has 4 aromatic rings. The number of Topliss-reactive ketones (excluding diaryl/α,β-unsaturated/α-hetero) is 1. The van der Waals surface area contributed by atoms with Crippen molar-refractivity contribution in [2.24, 2.45) is 0 Å². The van der Waals surface area contributed by atoms with Crippen molar-refractivity contribution in [2.75, 3.05) is 39.6 Å². The highest BCUT2D eigenvalue weighted by Crippen LogP contribution is 2.33. The Bertz CT molecular complexity index is 1530. The molecule has 1 fully saturated rings. The maximum Gasteiger partial charge on any atom is 0.294 e. The van der Waals surface area contributed by atoms with Gasteiger partial charge >= 0.3 is 0 Å². The number of hydrogen-bond acceptors (Lipinski definition) is 5. The summed E-state index contributed by atoms with van der Waals surface area (Å²) >= 11 is 6.59. The van der Waals surface area contributed by atoms with Crippen LogP contribution in [0.25, 0.3) is 10.9 Å². The third-order valence-corrected chi connectivity index (χ3v) is 7.83. The first-order valence-electron chi connectivity index (χ1n) is 13.2. The van der Waals surface area contributed by atoms with Crippen molar-refractivity contribution in [1.29, 1.82) is 0 Å².